The topological polar surface area (TPSA) is 88.5 Å². The summed E-state index contributed by atoms with van der Waals surface area (Å²) in [6, 6.07) is 11.6. The summed E-state index contributed by atoms with van der Waals surface area (Å²) in [5, 5.41) is 11.3. The molecule has 2 saturated heterocycles. The molecule has 2 heterocycles. The largest absolute Gasteiger partial charge is 0.507 e. The maximum Gasteiger partial charge on any atom is 0.295 e. The van der Waals surface area contributed by atoms with Gasteiger partial charge in [0, 0.05) is 36.2 Å². The number of likely N-dealkylation sites (tertiary alicyclic amines) is 1. The quantitative estimate of drug-likeness (QED) is 0.195. The van der Waals surface area contributed by atoms with Crippen molar-refractivity contribution in [2.75, 3.05) is 53.1 Å². The molecule has 0 radical (unpaired) electrons. The summed E-state index contributed by atoms with van der Waals surface area (Å²) in [5.74, 6) is -0.422. The van der Waals surface area contributed by atoms with Crippen LogP contribution in [0.4, 0.5) is 0 Å². The first-order valence-corrected chi connectivity index (χ1v) is 13.4. The predicted molar refractivity (Wildman–Crippen MR) is 144 cm³/mol. The number of aliphatic hydroxyl groups excluding tert-OH is 1. The number of rotatable bonds is 10. The Bertz CT molecular complexity index is 1140. The molecule has 1 unspecified atom stereocenters. The molecule has 0 spiro atoms. The van der Waals surface area contributed by atoms with Gasteiger partial charge in [0.25, 0.3) is 11.7 Å². The highest BCUT2D eigenvalue weighted by Gasteiger charge is 2.46. The van der Waals surface area contributed by atoms with Crippen LogP contribution in [-0.2, 0) is 14.3 Å². The molecule has 198 valence electrons. The summed E-state index contributed by atoms with van der Waals surface area (Å²) in [6.07, 6.45) is 1.92. The molecule has 1 N–H and O–H groups in total. The van der Waals surface area contributed by atoms with Gasteiger partial charge in [0.1, 0.15) is 5.76 Å². The van der Waals surface area contributed by atoms with E-state index in [4.69, 9.17) is 14.2 Å². The zero-order valence-corrected chi connectivity index (χ0v) is 22.8. The Labute approximate surface area is 225 Å². The molecule has 0 aliphatic carbocycles. The number of unbranched alkanes of at least 4 members (excludes halogenated alkanes) is 1. The van der Waals surface area contributed by atoms with E-state index < -0.39 is 17.7 Å². The molecule has 2 aromatic rings. The lowest BCUT2D eigenvalue weighted by Crippen LogP contribution is -2.42. The molecular formula is C28H33BrN2O6. The zero-order chi connectivity index (χ0) is 26.4. The molecule has 9 heteroatoms. The Kier molecular flexibility index (Phi) is 9.23. The lowest BCUT2D eigenvalue weighted by molar-refractivity contribution is -0.140. The second-order valence-electron chi connectivity index (χ2n) is 9.07. The summed E-state index contributed by atoms with van der Waals surface area (Å²) in [4.78, 5) is 30.4. The van der Waals surface area contributed by atoms with E-state index in [1.54, 1.807) is 48.4 Å². The number of halogens is 1. The highest BCUT2D eigenvalue weighted by atomic mass is 79.9. The van der Waals surface area contributed by atoms with Crippen molar-refractivity contribution in [3.05, 3.63) is 63.6 Å². The van der Waals surface area contributed by atoms with Gasteiger partial charge in [-0.2, -0.15) is 0 Å². The molecule has 8 nitrogen and oxygen atoms in total. The number of aliphatic hydroxyl groups is 1. The Morgan fingerprint density at radius 2 is 1.81 bits per heavy atom. The minimum absolute atomic E-state index is 0.0657. The molecule has 0 aromatic heterocycles. The molecule has 2 aliphatic rings. The lowest BCUT2D eigenvalue weighted by Gasteiger charge is -2.31. The molecule has 0 bridgehead atoms. The smallest absolute Gasteiger partial charge is 0.295 e. The van der Waals surface area contributed by atoms with Crippen molar-refractivity contribution in [3.8, 4) is 11.5 Å². The fourth-order valence-electron chi connectivity index (χ4n) is 4.59. The summed E-state index contributed by atoms with van der Waals surface area (Å²) in [5.41, 5.74) is 1.20. The van der Waals surface area contributed by atoms with Crippen molar-refractivity contribution >= 4 is 33.4 Å². The van der Waals surface area contributed by atoms with Gasteiger partial charge in [-0.05, 0) is 36.2 Å². The first kappa shape index (κ1) is 27.2. The summed E-state index contributed by atoms with van der Waals surface area (Å²) in [6.45, 7) is 6.41. The van der Waals surface area contributed by atoms with Crippen molar-refractivity contribution < 1.29 is 28.9 Å². The number of carbonyl (C=O) groups excluding carboxylic acids is 2. The SMILES string of the molecule is CCCCOc1ccc(C2C(=C(O)c3ccc(Br)cc3)C(=O)C(=O)N2CCN2CCOCC2)cc1OC. The van der Waals surface area contributed by atoms with Crippen LogP contribution in [0, 0.1) is 0 Å². The van der Waals surface area contributed by atoms with E-state index in [9.17, 15) is 14.7 Å². The molecule has 0 saturated carbocycles. The fourth-order valence-corrected chi connectivity index (χ4v) is 4.86. The fraction of sp³-hybridized carbons (Fsp3) is 0.429. The molecule has 1 atom stereocenters. The van der Waals surface area contributed by atoms with Gasteiger partial charge in [-0.3, -0.25) is 14.5 Å². The predicted octanol–water partition coefficient (Wildman–Crippen LogP) is 4.39. The Balaban J connectivity index is 1.73. The highest BCUT2D eigenvalue weighted by molar-refractivity contribution is 9.10. The lowest BCUT2D eigenvalue weighted by atomic mass is 9.95. The normalized spacial score (nSPS) is 19.9. The maximum absolute atomic E-state index is 13.3. The van der Waals surface area contributed by atoms with Gasteiger partial charge in [-0.25, -0.2) is 0 Å². The number of methoxy groups -OCH3 is 1. The van der Waals surface area contributed by atoms with Crippen LogP contribution in [0.15, 0.2) is 52.5 Å². The van der Waals surface area contributed by atoms with Gasteiger partial charge < -0.3 is 24.2 Å². The van der Waals surface area contributed by atoms with Crippen LogP contribution < -0.4 is 9.47 Å². The zero-order valence-electron chi connectivity index (χ0n) is 21.2. The summed E-state index contributed by atoms with van der Waals surface area (Å²) < 4.78 is 17.7. The third-order valence-corrected chi connectivity index (χ3v) is 7.21. The Hall–Kier alpha value is -2.88. The van der Waals surface area contributed by atoms with Gasteiger partial charge in [-0.1, -0.05) is 47.5 Å². The number of morpholine rings is 1. The summed E-state index contributed by atoms with van der Waals surface area (Å²) >= 11 is 3.39. The van der Waals surface area contributed by atoms with E-state index in [0.717, 1.165) is 30.4 Å². The number of amides is 1. The number of ether oxygens (including phenoxy) is 3. The Morgan fingerprint density at radius 1 is 1.08 bits per heavy atom. The number of nitrogens with zero attached hydrogens (tertiary/aromatic N) is 2. The first-order chi connectivity index (χ1) is 17.9. The van der Waals surface area contributed by atoms with Crippen LogP contribution in [-0.4, -0.2) is 79.7 Å². The number of Topliss-reactive ketones (excluding diaryl/α,β-unsaturated/α-hetero) is 1. The third-order valence-electron chi connectivity index (χ3n) is 6.68. The van der Waals surface area contributed by atoms with E-state index in [2.05, 4.69) is 27.8 Å². The van der Waals surface area contributed by atoms with Crippen LogP contribution in [0.1, 0.15) is 36.9 Å². The average molecular weight is 573 g/mol. The number of ketones is 1. The first-order valence-electron chi connectivity index (χ1n) is 12.6. The van der Waals surface area contributed by atoms with Crippen molar-refractivity contribution in [2.24, 2.45) is 0 Å². The molecule has 2 fully saturated rings. The molecular weight excluding hydrogens is 540 g/mol. The second kappa shape index (κ2) is 12.6. The maximum atomic E-state index is 13.3. The van der Waals surface area contributed by atoms with Crippen molar-refractivity contribution in [2.45, 2.75) is 25.8 Å². The van der Waals surface area contributed by atoms with Gasteiger partial charge in [0.2, 0.25) is 0 Å². The van der Waals surface area contributed by atoms with Crippen LogP contribution in [0.25, 0.3) is 5.76 Å². The third kappa shape index (κ3) is 6.17. The van der Waals surface area contributed by atoms with Crippen LogP contribution in [0.3, 0.4) is 0 Å². The van der Waals surface area contributed by atoms with E-state index in [-0.39, 0.29) is 11.3 Å². The van der Waals surface area contributed by atoms with E-state index in [1.165, 1.54) is 0 Å². The van der Waals surface area contributed by atoms with E-state index in [0.29, 0.717) is 55.5 Å². The number of hydrogen-bond acceptors (Lipinski definition) is 7. The van der Waals surface area contributed by atoms with Gasteiger partial charge in [0.05, 0.1) is 38.5 Å². The highest BCUT2D eigenvalue weighted by Crippen LogP contribution is 2.42. The number of hydrogen-bond donors (Lipinski definition) is 1. The number of carbonyl (C=O) groups is 2. The Morgan fingerprint density at radius 3 is 2.49 bits per heavy atom. The molecule has 2 aliphatic heterocycles. The molecule has 2 aromatic carbocycles. The molecule has 1 amide bonds. The van der Waals surface area contributed by atoms with Crippen LogP contribution in [0.2, 0.25) is 0 Å². The van der Waals surface area contributed by atoms with E-state index >= 15 is 0 Å². The van der Waals surface area contributed by atoms with Crippen molar-refractivity contribution in [1.29, 1.82) is 0 Å². The number of benzene rings is 2. The van der Waals surface area contributed by atoms with E-state index in [1.807, 2.05) is 6.07 Å². The monoisotopic (exact) mass is 572 g/mol. The summed E-state index contributed by atoms with van der Waals surface area (Å²) in [7, 11) is 1.56. The van der Waals surface area contributed by atoms with Gasteiger partial charge in [0.15, 0.2) is 11.5 Å². The van der Waals surface area contributed by atoms with Gasteiger partial charge >= 0.3 is 0 Å². The van der Waals surface area contributed by atoms with Crippen molar-refractivity contribution in [1.82, 2.24) is 9.80 Å². The van der Waals surface area contributed by atoms with Crippen LogP contribution in [0.5, 0.6) is 11.5 Å². The molecule has 37 heavy (non-hydrogen) atoms. The minimum atomic E-state index is -0.761. The van der Waals surface area contributed by atoms with Crippen molar-refractivity contribution in [3.63, 3.8) is 0 Å². The minimum Gasteiger partial charge on any atom is -0.507 e. The second-order valence-corrected chi connectivity index (χ2v) is 9.98. The standard InChI is InChI=1S/C28H33BrN2O6/c1-3-4-15-37-22-10-7-20(18-23(22)35-2)25-24(26(32)19-5-8-21(29)9-6-19)27(33)28(34)31(25)12-11-30-13-16-36-17-14-30/h5-10,18,25,32H,3-4,11-17H2,1-2H3. The average Bonchev–Trinajstić information content (AvgIpc) is 3.17. The molecule has 4 rings (SSSR count). The van der Waals surface area contributed by atoms with Crippen LogP contribution >= 0.6 is 15.9 Å². The van der Waals surface area contributed by atoms with Gasteiger partial charge in [-0.15, -0.1) is 0 Å².